The molecule has 4 nitrogen and oxygen atoms in total. The van der Waals surface area contributed by atoms with Crippen molar-refractivity contribution in [3.05, 3.63) is 36.3 Å². The molecule has 0 saturated heterocycles. The van der Waals surface area contributed by atoms with Crippen molar-refractivity contribution >= 4 is 22.4 Å². The van der Waals surface area contributed by atoms with Crippen LogP contribution in [0.15, 0.2) is 30.5 Å². The van der Waals surface area contributed by atoms with E-state index >= 15 is 0 Å². The quantitative estimate of drug-likeness (QED) is 0.781. The lowest BCUT2D eigenvalue weighted by atomic mass is 9.96. The molecule has 114 valence electrons. The first kappa shape index (κ1) is 13.7. The Labute approximate surface area is 132 Å². The van der Waals surface area contributed by atoms with Gasteiger partial charge in [-0.3, -0.25) is 0 Å². The van der Waals surface area contributed by atoms with Crippen LogP contribution in [-0.4, -0.2) is 19.8 Å². The summed E-state index contributed by atoms with van der Waals surface area (Å²) in [5.74, 6) is 0.420. The molecule has 0 spiro atoms. The molecule has 1 aliphatic rings. The Hall–Kier alpha value is -1.95. The predicted molar refractivity (Wildman–Crippen MR) is 86.8 cm³/mol. The first-order valence-electron chi connectivity index (χ1n) is 7.67. The molecule has 4 rings (SSSR count). The highest BCUT2D eigenvalue weighted by Crippen LogP contribution is 2.26. The minimum atomic E-state index is -0.249. The second kappa shape index (κ2) is 5.68. The second-order valence-corrected chi connectivity index (χ2v) is 6.71. The van der Waals surface area contributed by atoms with Crippen LogP contribution in [0.5, 0.6) is 0 Å². The van der Waals surface area contributed by atoms with E-state index in [2.05, 4.69) is 15.3 Å². The average Bonchev–Trinajstić information content (AvgIpc) is 3.06. The third kappa shape index (κ3) is 2.70. The zero-order valence-corrected chi connectivity index (χ0v) is 12.9. The van der Waals surface area contributed by atoms with E-state index in [-0.39, 0.29) is 5.82 Å². The largest absolute Gasteiger partial charge is 0.358 e. The summed E-state index contributed by atoms with van der Waals surface area (Å²) in [4.78, 5) is 9.03. The third-order valence-electron chi connectivity index (χ3n) is 4.10. The molecular weight excluding hydrogens is 299 g/mol. The normalized spacial score (nSPS) is 16.2. The summed E-state index contributed by atoms with van der Waals surface area (Å²) in [6.45, 7) is 0. The molecule has 1 N–H and O–H groups in total. The minimum Gasteiger partial charge on any atom is -0.358 e. The Morgan fingerprint density at radius 3 is 2.82 bits per heavy atom. The van der Waals surface area contributed by atoms with Gasteiger partial charge in [-0.2, -0.15) is 4.98 Å². The Balaban J connectivity index is 1.57. The lowest BCUT2D eigenvalue weighted by molar-refractivity contribution is 0.462. The molecule has 1 aromatic carbocycles. The van der Waals surface area contributed by atoms with Crippen LogP contribution >= 0.6 is 11.5 Å². The van der Waals surface area contributed by atoms with Gasteiger partial charge in [0.25, 0.3) is 0 Å². The summed E-state index contributed by atoms with van der Waals surface area (Å²) < 4.78 is 15.2. The van der Waals surface area contributed by atoms with Crippen LogP contribution in [0.3, 0.4) is 0 Å². The summed E-state index contributed by atoms with van der Waals surface area (Å²) in [5.41, 5.74) is 1.53. The van der Waals surface area contributed by atoms with Gasteiger partial charge in [0, 0.05) is 11.6 Å². The first-order valence-corrected chi connectivity index (χ1v) is 8.44. The van der Waals surface area contributed by atoms with E-state index in [4.69, 9.17) is 0 Å². The monoisotopic (exact) mass is 316 g/mol. The predicted octanol–water partition coefficient (Wildman–Crippen LogP) is 4.34. The third-order valence-corrected chi connectivity index (χ3v) is 4.94. The summed E-state index contributed by atoms with van der Waals surface area (Å²) in [6.07, 6.45) is 8.28. The van der Waals surface area contributed by atoms with Crippen molar-refractivity contribution in [3.8, 4) is 11.3 Å². The molecule has 6 heteroatoms. The fraction of sp³-hybridized carbons (Fsp3) is 0.375. The molecule has 0 radical (unpaired) electrons. The molecule has 1 saturated carbocycles. The number of halogens is 1. The standard InChI is InChI=1S/C16H17FN4S/c17-12-6-4-5-11(9-12)14-10-21-15(19-14)20-16(22-21)18-13-7-2-1-3-8-13/h4-6,9-10,13H,1-3,7-8H2,(H,18,19,20). The number of anilines is 1. The molecule has 0 aliphatic heterocycles. The van der Waals surface area contributed by atoms with E-state index in [1.54, 1.807) is 17.6 Å². The molecule has 2 heterocycles. The topological polar surface area (TPSA) is 42.2 Å². The molecule has 0 amide bonds. The highest BCUT2D eigenvalue weighted by Gasteiger charge is 2.16. The Bertz CT molecular complexity index is 757. The minimum absolute atomic E-state index is 0.249. The van der Waals surface area contributed by atoms with Crippen molar-refractivity contribution in [2.24, 2.45) is 0 Å². The van der Waals surface area contributed by atoms with Gasteiger partial charge in [0.15, 0.2) is 0 Å². The van der Waals surface area contributed by atoms with E-state index in [1.165, 1.54) is 44.2 Å². The summed E-state index contributed by atoms with van der Waals surface area (Å²) in [5, 5.41) is 4.43. The van der Waals surface area contributed by atoms with Crippen LogP contribution in [0.1, 0.15) is 32.1 Å². The molecule has 0 bridgehead atoms. The second-order valence-electron chi connectivity index (χ2n) is 5.75. The number of hydrogen-bond donors (Lipinski definition) is 1. The van der Waals surface area contributed by atoms with Gasteiger partial charge in [-0.15, -0.1) is 0 Å². The number of benzene rings is 1. The van der Waals surface area contributed by atoms with Crippen LogP contribution in [0.25, 0.3) is 17.0 Å². The number of imidazole rings is 1. The van der Waals surface area contributed by atoms with Crippen molar-refractivity contribution < 1.29 is 4.39 Å². The van der Waals surface area contributed by atoms with Crippen LogP contribution in [0, 0.1) is 5.82 Å². The van der Waals surface area contributed by atoms with Crippen molar-refractivity contribution in [1.82, 2.24) is 13.8 Å². The van der Waals surface area contributed by atoms with Gasteiger partial charge in [0.2, 0.25) is 10.9 Å². The SMILES string of the molecule is Fc1cccc(-c2cn3sc(NC4CCCCC4)nc3n2)c1. The Morgan fingerprint density at radius 2 is 2.05 bits per heavy atom. The number of nitrogens with one attached hydrogen (secondary N) is 1. The van der Waals surface area contributed by atoms with Crippen LogP contribution in [0.2, 0.25) is 0 Å². The van der Waals surface area contributed by atoms with E-state index in [1.807, 2.05) is 16.1 Å². The lowest BCUT2D eigenvalue weighted by Gasteiger charge is -2.21. The molecule has 1 aliphatic carbocycles. The average molecular weight is 316 g/mol. The van der Waals surface area contributed by atoms with Crippen molar-refractivity contribution in [2.45, 2.75) is 38.1 Å². The van der Waals surface area contributed by atoms with E-state index in [0.29, 0.717) is 11.8 Å². The van der Waals surface area contributed by atoms with Crippen LogP contribution in [-0.2, 0) is 0 Å². The molecular formula is C16H17FN4S. The van der Waals surface area contributed by atoms with Crippen LogP contribution < -0.4 is 5.32 Å². The van der Waals surface area contributed by atoms with Gasteiger partial charge in [-0.1, -0.05) is 31.4 Å². The Morgan fingerprint density at radius 1 is 1.18 bits per heavy atom. The van der Waals surface area contributed by atoms with E-state index in [0.717, 1.165) is 16.4 Å². The maximum absolute atomic E-state index is 13.3. The number of aromatic nitrogens is 3. The lowest BCUT2D eigenvalue weighted by Crippen LogP contribution is -2.21. The van der Waals surface area contributed by atoms with Gasteiger partial charge in [0.1, 0.15) is 5.82 Å². The number of nitrogens with zero attached hydrogens (tertiary/aromatic N) is 3. The molecule has 22 heavy (non-hydrogen) atoms. The van der Waals surface area contributed by atoms with Crippen molar-refractivity contribution in [3.63, 3.8) is 0 Å². The highest BCUT2D eigenvalue weighted by molar-refractivity contribution is 7.10. The summed E-state index contributed by atoms with van der Waals surface area (Å²) in [6, 6.07) is 7.02. The van der Waals surface area contributed by atoms with Gasteiger partial charge in [-0.25, -0.2) is 13.2 Å². The fourth-order valence-corrected chi connectivity index (χ4v) is 3.81. The number of fused-ring (bicyclic) bond motifs is 1. The van der Waals surface area contributed by atoms with Crippen LogP contribution in [0.4, 0.5) is 9.52 Å². The smallest absolute Gasteiger partial charge is 0.246 e. The van der Waals surface area contributed by atoms with E-state index in [9.17, 15) is 4.39 Å². The maximum atomic E-state index is 13.3. The van der Waals surface area contributed by atoms with Crippen molar-refractivity contribution in [2.75, 3.05) is 5.32 Å². The fourth-order valence-electron chi connectivity index (χ4n) is 2.97. The maximum Gasteiger partial charge on any atom is 0.246 e. The van der Waals surface area contributed by atoms with E-state index < -0.39 is 0 Å². The summed E-state index contributed by atoms with van der Waals surface area (Å²) >= 11 is 1.55. The summed E-state index contributed by atoms with van der Waals surface area (Å²) in [7, 11) is 0. The number of rotatable bonds is 3. The molecule has 1 fully saturated rings. The molecule has 0 unspecified atom stereocenters. The molecule has 2 aromatic heterocycles. The van der Waals surface area contributed by atoms with Gasteiger partial charge >= 0.3 is 0 Å². The molecule has 3 aromatic rings. The Kier molecular flexibility index (Phi) is 3.54. The van der Waals surface area contributed by atoms with Gasteiger partial charge in [0.05, 0.1) is 11.9 Å². The van der Waals surface area contributed by atoms with Gasteiger partial charge < -0.3 is 5.32 Å². The zero-order chi connectivity index (χ0) is 14.9. The number of hydrogen-bond acceptors (Lipinski definition) is 4. The van der Waals surface area contributed by atoms with Gasteiger partial charge in [-0.05, 0) is 36.5 Å². The van der Waals surface area contributed by atoms with Crippen molar-refractivity contribution in [1.29, 1.82) is 0 Å². The molecule has 0 atom stereocenters. The highest BCUT2D eigenvalue weighted by atomic mass is 32.1. The zero-order valence-electron chi connectivity index (χ0n) is 12.1. The first-order chi connectivity index (χ1) is 10.8.